The molecule has 0 fully saturated rings. The molecule has 0 atom stereocenters. The van der Waals surface area contributed by atoms with E-state index in [1.807, 2.05) is 0 Å². The molecule has 0 saturated carbocycles. The van der Waals surface area contributed by atoms with Gasteiger partial charge in [0.25, 0.3) is 0 Å². The van der Waals surface area contributed by atoms with Gasteiger partial charge in [0.1, 0.15) is 6.54 Å². The summed E-state index contributed by atoms with van der Waals surface area (Å²) in [6, 6.07) is 0. The summed E-state index contributed by atoms with van der Waals surface area (Å²) >= 11 is 1.09. The molecule has 1 N–H and O–H groups in total. The Morgan fingerprint density at radius 2 is 2.13 bits per heavy atom. The number of thioether (sulfide) groups is 1. The Balaban J connectivity index is 2.53. The highest BCUT2D eigenvalue weighted by Gasteiger charge is 2.30. The number of rotatable bonds is 5. The average Bonchev–Trinajstić information content (AvgIpc) is 2.50. The molecular weight excluding hydrogens is 233 g/mol. The third-order valence-electron chi connectivity index (χ3n) is 1.36. The number of halogens is 3. The fraction of sp³-hybridized carbons (Fsp3) is 0.833. The van der Waals surface area contributed by atoms with Crippen molar-refractivity contribution in [1.29, 1.82) is 0 Å². The van der Waals surface area contributed by atoms with Crippen molar-refractivity contribution in [1.82, 2.24) is 20.2 Å². The van der Waals surface area contributed by atoms with Crippen LogP contribution < -0.4 is 0 Å². The molecule has 0 amide bonds. The first kappa shape index (κ1) is 12.2. The minimum absolute atomic E-state index is 0.00611. The van der Waals surface area contributed by atoms with Crippen LogP contribution in [0.5, 0.6) is 0 Å². The van der Waals surface area contributed by atoms with Crippen LogP contribution in [0.4, 0.5) is 13.2 Å². The van der Waals surface area contributed by atoms with E-state index in [0.29, 0.717) is 16.9 Å². The van der Waals surface area contributed by atoms with E-state index in [4.69, 9.17) is 5.11 Å². The third kappa shape index (κ3) is 4.47. The molecule has 0 aliphatic rings. The van der Waals surface area contributed by atoms with Gasteiger partial charge in [0, 0.05) is 12.4 Å². The van der Waals surface area contributed by atoms with E-state index in [2.05, 4.69) is 15.5 Å². The van der Waals surface area contributed by atoms with Crippen LogP contribution in [0.3, 0.4) is 0 Å². The molecular formula is C6H9F3N4OS. The zero-order valence-electron chi connectivity index (χ0n) is 7.61. The fourth-order valence-electron chi connectivity index (χ4n) is 0.797. The molecule has 0 saturated heterocycles. The number of hydrogen-bond donors (Lipinski definition) is 1. The molecule has 0 aliphatic carbocycles. The van der Waals surface area contributed by atoms with E-state index in [9.17, 15) is 13.2 Å². The summed E-state index contributed by atoms with van der Waals surface area (Å²) in [6.45, 7) is -1.20. The van der Waals surface area contributed by atoms with Crippen LogP contribution in [0.1, 0.15) is 6.42 Å². The summed E-state index contributed by atoms with van der Waals surface area (Å²) in [7, 11) is 0. The van der Waals surface area contributed by atoms with E-state index in [1.54, 1.807) is 0 Å². The largest absolute Gasteiger partial charge is 0.408 e. The van der Waals surface area contributed by atoms with Gasteiger partial charge in [-0.1, -0.05) is 11.8 Å². The van der Waals surface area contributed by atoms with Gasteiger partial charge in [-0.05, 0) is 16.8 Å². The number of aliphatic hydroxyl groups is 1. The zero-order chi connectivity index (χ0) is 11.3. The second kappa shape index (κ2) is 5.31. The van der Waals surface area contributed by atoms with Crippen molar-refractivity contribution in [2.45, 2.75) is 24.3 Å². The van der Waals surface area contributed by atoms with Gasteiger partial charge in [-0.2, -0.15) is 13.2 Å². The van der Waals surface area contributed by atoms with Crippen molar-refractivity contribution >= 4 is 11.8 Å². The summed E-state index contributed by atoms with van der Waals surface area (Å²) in [5, 5.41) is 18.5. The van der Waals surface area contributed by atoms with Crippen LogP contribution in [0.15, 0.2) is 5.16 Å². The molecule has 0 aliphatic heterocycles. The Kier molecular flexibility index (Phi) is 4.33. The van der Waals surface area contributed by atoms with Crippen LogP contribution in [0.25, 0.3) is 0 Å². The van der Waals surface area contributed by atoms with Gasteiger partial charge >= 0.3 is 6.18 Å². The lowest BCUT2D eigenvalue weighted by Crippen LogP contribution is -2.19. The van der Waals surface area contributed by atoms with Crippen LogP contribution in [-0.2, 0) is 6.54 Å². The summed E-state index contributed by atoms with van der Waals surface area (Å²) in [6.07, 6.45) is -3.84. The molecule has 1 rings (SSSR count). The average molecular weight is 242 g/mol. The van der Waals surface area contributed by atoms with Crippen molar-refractivity contribution in [3.63, 3.8) is 0 Å². The SMILES string of the molecule is OCCCSc1nnnn1CC(F)(F)F. The Morgan fingerprint density at radius 3 is 2.73 bits per heavy atom. The standard InChI is InChI=1S/C6H9F3N4OS/c7-6(8,9)4-13-5(10-11-12-13)15-3-1-2-14/h14H,1-4H2. The Morgan fingerprint density at radius 1 is 1.40 bits per heavy atom. The van der Waals surface area contributed by atoms with Gasteiger partial charge in [0.05, 0.1) is 0 Å². The Labute approximate surface area is 87.7 Å². The van der Waals surface area contributed by atoms with Gasteiger partial charge in [-0.25, -0.2) is 4.68 Å². The number of nitrogens with zero attached hydrogens (tertiary/aromatic N) is 4. The summed E-state index contributed by atoms with van der Waals surface area (Å²) in [5.74, 6) is 0.481. The van der Waals surface area contributed by atoms with E-state index in [-0.39, 0.29) is 11.8 Å². The smallest absolute Gasteiger partial charge is 0.396 e. The first-order chi connectivity index (χ1) is 7.03. The minimum Gasteiger partial charge on any atom is -0.396 e. The van der Waals surface area contributed by atoms with Crippen molar-refractivity contribution in [3.05, 3.63) is 0 Å². The quantitative estimate of drug-likeness (QED) is 0.608. The molecule has 15 heavy (non-hydrogen) atoms. The Bertz CT molecular complexity index is 303. The van der Waals surface area contributed by atoms with Crippen LogP contribution in [0.2, 0.25) is 0 Å². The number of aromatic nitrogens is 4. The maximum Gasteiger partial charge on any atom is 0.408 e. The predicted octanol–water partition coefficient (Wildman–Crippen LogP) is 0.710. The molecule has 0 radical (unpaired) electrons. The van der Waals surface area contributed by atoms with Crippen LogP contribution >= 0.6 is 11.8 Å². The number of hydrogen-bond acceptors (Lipinski definition) is 5. The van der Waals surface area contributed by atoms with Crippen molar-refractivity contribution in [2.75, 3.05) is 12.4 Å². The van der Waals surface area contributed by atoms with E-state index in [1.165, 1.54) is 0 Å². The van der Waals surface area contributed by atoms with Crippen molar-refractivity contribution in [2.24, 2.45) is 0 Å². The summed E-state index contributed by atoms with van der Waals surface area (Å²) in [4.78, 5) is 0. The first-order valence-corrected chi connectivity index (χ1v) is 5.08. The lowest BCUT2D eigenvalue weighted by molar-refractivity contribution is -0.144. The monoisotopic (exact) mass is 242 g/mol. The maximum atomic E-state index is 12.0. The van der Waals surface area contributed by atoms with Gasteiger partial charge in [-0.15, -0.1) is 5.10 Å². The third-order valence-corrected chi connectivity index (χ3v) is 2.41. The minimum atomic E-state index is -4.33. The number of aliphatic hydroxyl groups excluding tert-OH is 1. The zero-order valence-corrected chi connectivity index (χ0v) is 8.42. The van der Waals surface area contributed by atoms with E-state index in [0.717, 1.165) is 11.8 Å². The number of tetrazole rings is 1. The molecule has 1 heterocycles. The Hall–Kier alpha value is -0.830. The number of alkyl halides is 3. The highest BCUT2D eigenvalue weighted by atomic mass is 32.2. The van der Waals surface area contributed by atoms with Crippen LogP contribution in [0, 0.1) is 0 Å². The lowest BCUT2D eigenvalue weighted by Gasteiger charge is -2.06. The molecule has 0 aromatic carbocycles. The van der Waals surface area contributed by atoms with Gasteiger partial charge in [0.15, 0.2) is 0 Å². The van der Waals surface area contributed by atoms with Crippen molar-refractivity contribution < 1.29 is 18.3 Å². The molecule has 1 aromatic rings. The first-order valence-electron chi connectivity index (χ1n) is 4.09. The van der Waals surface area contributed by atoms with Crippen molar-refractivity contribution in [3.8, 4) is 0 Å². The molecule has 5 nitrogen and oxygen atoms in total. The van der Waals surface area contributed by atoms with Gasteiger partial charge in [-0.3, -0.25) is 0 Å². The van der Waals surface area contributed by atoms with Gasteiger partial charge < -0.3 is 5.11 Å². The second-order valence-corrected chi connectivity index (χ2v) is 3.72. The maximum absolute atomic E-state index is 12.0. The van der Waals surface area contributed by atoms with Gasteiger partial charge in [0.2, 0.25) is 5.16 Å². The normalized spacial score (nSPS) is 12.0. The molecule has 0 bridgehead atoms. The molecule has 86 valence electrons. The highest BCUT2D eigenvalue weighted by Crippen LogP contribution is 2.21. The molecule has 9 heteroatoms. The predicted molar refractivity (Wildman–Crippen MR) is 46.3 cm³/mol. The molecule has 0 unspecified atom stereocenters. The second-order valence-electron chi connectivity index (χ2n) is 2.66. The highest BCUT2D eigenvalue weighted by molar-refractivity contribution is 7.99. The summed E-state index contributed by atoms with van der Waals surface area (Å²) in [5.41, 5.74) is 0. The molecule has 0 spiro atoms. The topological polar surface area (TPSA) is 63.8 Å². The van der Waals surface area contributed by atoms with Crippen LogP contribution in [-0.4, -0.2) is 43.8 Å². The summed E-state index contributed by atoms with van der Waals surface area (Å²) < 4.78 is 36.8. The lowest BCUT2D eigenvalue weighted by atomic mass is 10.5. The van der Waals surface area contributed by atoms with E-state index >= 15 is 0 Å². The fourth-order valence-corrected chi connectivity index (χ4v) is 1.60. The van der Waals surface area contributed by atoms with E-state index < -0.39 is 12.7 Å². The molecule has 1 aromatic heterocycles.